The van der Waals surface area contributed by atoms with Gasteiger partial charge in [0.2, 0.25) is 5.91 Å². The Morgan fingerprint density at radius 2 is 1.75 bits per heavy atom. The number of amides is 2. The molecule has 1 aromatic heterocycles. The third-order valence-corrected chi connectivity index (χ3v) is 4.28. The number of para-hydroxylation sites is 1. The SMILES string of the molecule is Cc1c(-c2ccccc2)oc2c(C(=O)NCC(=O)NC(C)C)cccc2c1=O. The lowest BCUT2D eigenvalue weighted by atomic mass is 10.0. The number of hydrogen-bond acceptors (Lipinski definition) is 4. The molecule has 28 heavy (non-hydrogen) atoms. The lowest BCUT2D eigenvalue weighted by Crippen LogP contribution is -2.39. The summed E-state index contributed by atoms with van der Waals surface area (Å²) in [5.74, 6) is -0.336. The maximum absolute atomic E-state index is 12.8. The van der Waals surface area contributed by atoms with Crippen molar-refractivity contribution in [1.82, 2.24) is 10.6 Å². The molecule has 2 aromatic carbocycles. The molecule has 6 nitrogen and oxygen atoms in total. The molecule has 0 aliphatic rings. The zero-order valence-electron chi connectivity index (χ0n) is 16.0. The molecule has 0 saturated carbocycles. The first kappa shape index (κ1) is 19.4. The standard InChI is InChI=1S/C22H22N2O4/c1-13(2)24-18(25)12-23-22(27)17-11-7-10-16-19(26)14(3)20(28-21(16)17)15-8-5-4-6-9-15/h4-11,13H,12H2,1-3H3,(H,23,27)(H,24,25). The largest absolute Gasteiger partial charge is 0.455 e. The first-order valence-corrected chi connectivity index (χ1v) is 9.08. The highest BCUT2D eigenvalue weighted by Crippen LogP contribution is 2.27. The molecule has 3 rings (SSSR count). The molecular formula is C22H22N2O4. The van der Waals surface area contributed by atoms with Crippen molar-refractivity contribution < 1.29 is 14.0 Å². The topological polar surface area (TPSA) is 88.4 Å². The monoisotopic (exact) mass is 378 g/mol. The summed E-state index contributed by atoms with van der Waals surface area (Å²) in [5.41, 5.74) is 1.47. The summed E-state index contributed by atoms with van der Waals surface area (Å²) < 4.78 is 6.02. The Hall–Kier alpha value is -3.41. The molecule has 144 valence electrons. The fraction of sp³-hybridized carbons (Fsp3) is 0.227. The Morgan fingerprint density at radius 1 is 1.04 bits per heavy atom. The molecule has 0 atom stereocenters. The molecule has 0 spiro atoms. The Balaban J connectivity index is 2.02. The number of nitrogens with one attached hydrogen (secondary N) is 2. The van der Waals surface area contributed by atoms with Gasteiger partial charge < -0.3 is 15.1 Å². The summed E-state index contributed by atoms with van der Waals surface area (Å²) in [5, 5.41) is 5.61. The van der Waals surface area contributed by atoms with E-state index in [4.69, 9.17) is 4.42 Å². The normalized spacial score (nSPS) is 10.9. The Labute approximate surface area is 162 Å². The smallest absolute Gasteiger partial charge is 0.255 e. The van der Waals surface area contributed by atoms with E-state index < -0.39 is 5.91 Å². The lowest BCUT2D eigenvalue weighted by Gasteiger charge is -2.11. The number of carbonyl (C=O) groups is 2. The van der Waals surface area contributed by atoms with Gasteiger partial charge in [-0.05, 0) is 32.9 Å². The number of fused-ring (bicyclic) bond motifs is 1. The van der Waals surface area contributed by atoms with E-state index in [0.29, 0.717) is 16.7 Å². The van der Waals surface area contributed by atoms with Crippen molar-refractivity contribution in [2.24, 2.45) is 0 Å². The minimum Gasteiger partial charge on any atom is -0.455 e. The quantitative estimate of drug-likeness (QED) is 0.714. The van der Waals surface area contributed by atoms with E-state index in [1.165, 1.54) is 0 Å². The maximum atomic E-state index is 12.8. The van der Waals surface area contributed by atoms with Gasteiger partial charge in [-0.3, -0.25) is 14.4 Å². The van der Waals surface area contributed by atoms with Gasteiger partial charge >= 0.3 is 0 Å². The van der Waals surface area contributed by atoms with E-state index in [-0.39, 0.29) is 35.1 Å². The molecule has 0 fully saturated rings. The molecule has 2 amide bonds. The highest BCUT2D eigenvalue weighted by atomic mass is 16.3. The van der Waals surface area contributed by atoms with Crippen molar-refractivity contribution in [2.45, 2.75) is 26.8 Å². The Kier molecular flexibility index (Phi) is 5.59. The van der Waals surface area contributed by atoms with Crippen molar-refractivity contribution >= 4 is 22.8 Å². The van der Waals surface area contributed by atoms with Crippen LogP contribution in [0.25, 0.3) is 22.3 Å². The molecule has 0 unspecified atom stereocenters. The highest BCUT2D eigenvalue weighted by Gasteiger charge is 2.18. The van der Waals surface area contributed by atoms with Gasteiger partial charge in [-0.2, -0.15) is 0 Å². The van der Waals surface area contributed by atoms with Crippen LogP contribution in [0.4, 0.5) is 0 Å². The highest BCUT2D eigenvalue weighted by molar-refractivity contribution is 6.06. The first-order valence-electron chi connectivity index (χ1n) is 9.08. The summed E-state index contributed by atoms with van der Waals surface area (Å²) >= 11 is 0. The molecule has 0 bridgehead atoms. The predicted octanol–water partition coefficient (Wildman–Crippen LogP) is 3.02. The van der Waals surface area contributed by atoms with Crippen LogP contribution in [0.2, 0.25) is 0 Å². The van der Waals surface area contributed by atoms with Crippen LogP contribution in [-0.2, 0) is 4.79 Å². The third-order valence-electron chi connectivity index (χ3n) is 4.28. The fourth-order valence-electron chi connectivity index (χ4n) is 2.98. The molecule has 0 saturated heterocycles. The van der Waals surface area contributed by atoms with E-state index in [9.17, 15) is 14.4 Å². The molecule has 0 radical (unpaired) electrons. The van der Waals surface area contributed by atoms with Crippen LogP contribution in [0.15, 0.2) is 57.7 Å². The molecule has 0 aliphatic carbocycles. The second kappa shape index (κ2) is 8.08. The molecule has 3 aromatic rings. The average Bonchev–Trinajstić information content (AvgIpc) is 2.68. The summed E-state index contributed by atoms with van der Waals surface area (Å²) in [7, 11) is 0. The van der Waals surface area contributed by atoms with Gasteiger partial charge in [-0.1, -0.05) is 36.4 Å². The minimum absolute atomic E-state index is 0.0172. The van der Waals surface area contributed by atoms with Crippen LogP contribution in [0.5, 0.6) is 0 Å². The van der Waals surface area contributed by atoms with Gasteiger partial charge in [0, 0.05) is 17.2 Å². The van der Waals surface area contributed by atoms with Crippen LogP contribution >= 0.6 is 0 Å². The molecular weight excluding hydrogens is 356 g/mol. The van der Waals surface area contributed by atoms with Gasteiger partial charge in [0.25, 0.3) is 5.91 Å². The summed E-state index contributed by atoms with van der Waals surface area (Å²) in [6.45, 7) is 5.23. The van der Waals surface area contributed by atoms with Crippen molar-refractivity contribution in [3.05, 3.63) is 69.9 Å². The van der Waals surface area contributed by atoms with E-state index in [1.807, 2.05) is 44.2 Å². The number of carbonyl (C=O) groups excluding carboxylic acids is 2. The second-order valence-electron chi connectivity index (χ2n) is 6.84. The van der Waals surface area contributed by atoms with E-state index in [1.54, 1.807) is 25.1 Å². The van der Waals surface area contributed by atoms with Crippen molar-refractivity contribution in [3.8, 4) is 11.3 Å². The van der Waals surface area contributed by atoms with Crippen molar-refractivity contribution in [3.63, 3.8) is 0 Å². The Bertz CT molecular complexity index is 1080. The van der Waals surface area contributed by atoms with Crippen LogP contribution in [0.3, 0.4) is 0 Å². The molecule has 2 N–H and O–H groups in total. The fourth-order valence-corrected chi connectivity index (χ4v) is 2.98. The molecule has 1 heterocycles. The number of benzene rings is 2. The molecule has 6 heteroatoms. The van der Waals surface area contributed by atoms with Crippen LogP contribution in [0.1, 0.15) is 29.8 Å². The van der Waals surface area contributed by atoms with E-state index >= 15 is 0 Å². The van der Waals surface area contributed by atoms with Gasteiger partial charge in [0.1, 0.15) is 5.76 Å². The summed E-state index contributed by atoms with van der Waals surface area (Å²) in [4.78, 5) is 37.3. The van der Waals surface area contributed by atoms with E-state index in [2.05, 4.69) is 10.6 Å². The van der Waals surface area contributed by atoms with Crippen molar-refractivity contribution in [2.75, 3.05) is 6.54 Å². The first-order chi connectivity index (χ1) is 13.4. The second-order valence-corrected chi connectivity index (χ2v) is 6.84. The van der Waals surface area contributed by atoms with Crippen LogP contribution < -0.4 is 16.1 Å². The predicted molar refractivity (Wildman–Crippen MR) is 108 cm³/mol. The van der Waals surface area contributed by atoms with Gasteiger partial charge in [-0.15, -0.1) is 0 Å². The average molecular weight is 378 g/mol. The van der Waals surface area contributed by atoms with Crippen LogP contribution in [0, 0.1) is 6.92 Å². The number of rotatable bonds is 5. The zero-order valence-corrected chi connectivity index (χ0v) is 16.0. The summed E-state index contributed by atoms with van der Waals surface area (Å²) in [6, 6.07) is 14.1. The lowest BCUT2D eigenvalue weighted by molar-refractivity contribution is -0.120. The minimum atomic E-state index is -0.476. The number of hydrogen-bond donors (Lipinski definition) is 2. The van der Waals surface area contributed by atoms with Gasteiger partial charge in [-0.25, -0.2) is 0 Å². The third kappa shape index (κ3) is 3.96. The van der Waals surface area contributed by atoms with Crippen LogP contribution in [-0.4, -0.2) is 24.4 Å². The maximum Gasteiger partial charge on any atom is 0.255 e. The van der Waals surface area contributed by atoms with Gasteiger partial charge in [0.15, 0.2) is 11.0 Å². The van der Waals surface area contributed by atoms with Gasteiger partial charge in [0.05, 0.1) is 17.5 Å². The van der Waals surface area contributed by atoms with Crippen molar-refractivity contribution in [1.29, 1.82) is 0 Å². The summed E-state index contributed by atoms with van der Waals surface area (Å²) in [6.07, 6.45) is 0. The Morgan fingerprint density at radius 3 is 2.43 bits per heavy atom. The zero-order chi connectivity index (χ0) is 20.3. The molecule has 0 aliphatic heterocycles. The van der Waals surface area contributed by atoms with E-state index in [0.717, 1.165) is 5.56 Å².